The third kappa shape index (κ3) is 3.14. The van der Waals surface area contributed by atoms with Gasteiger partial charge in [-0.05, 0) is 24.1 Å². The normalized spacial score (nSPS) is 11.3. The predicted molar refractivity (Wildman–Crippen MR) is 79.0 cm³/mol. The number of rotatable bonds is 3. The Morgan fingerprint density at radius 2 is 1.50 bits per heavy atom. The van der Waals surface area contributed by atoms with Crippen LogP contribution in [-0.4, -0.2) is 24.2 Å². The van der Waals surface area contributed by atoms with Crippen molar-refractivity contribution in [3.8, 4) is 0 Å². The summed E-state index contributed by atoms with van der Waals surface area (Å²) in [4.78, 5) is 5.58. The van der Waals surface area contributed by atoms with E-state index in [2.05, 4.69) is 33.6 Å². The van der Waals surface area contributed by atoms with Gasteiger partial charge in [0, 0.05) is 24.6 Å². The first-order valence-electron chi connectivity index (χ1n) is 5.80. The van der Waals surface area contributed by atoms with E-state index in [4.69, 9.17) is 0 Å². The van der Waals surface area contributed by atoms with E-state index < -0.39 is 0 Å². The van der Waals surface area contributed by atoms with Crippen LogP contribution in [0.5, 0.6) is 0 Å². The molecule has 0 aliphatic rings. The summed E-state index contributed by atoms with van der Waals surface area (Å²) in [6, 6.07) is 20.5. The molecule has 0 aliphatic heterocycles. The molecule has 0 saturated heterocycles. The highest BCUT2D eigenvalue weighted by atomic mass is 32.2. The molecule has 0 atom stereocenters. The van der Waals surface area contributed by atoms with E-state index in [9.17, 15) is 0 Å². The third-order valence-corrected chi connectivity index (χ3v) is 3.46. The summed E-state index contributed by atoms with van der Waals surface area (Å²) >= 11 is 1.67. The summed E-state index contributed by atoms with van der Waals surface area (Å²) in [7, 11) is 3.86. The molecule has 0 N–H and O–H groups in total. The average molecular weight is 256 g/mol. The molecule has 0 bridgehead atoms. The zero-order chi connectivity index (χ0) is 12.8. The second-order valence-electron chi connectivity index (χ2n) is 3.82. The second-order valence-corrected chi connectivity index (χ2v) is 5.02. The van der Waals surface area contributed by atoms with Crippen LogP contribution in [0.25, 0.3) is 0 Å². The van der Waals surface area contributed by atoms with Gasteiger partial charge >= 0.3 is 0 Å². The second kappa shape index (κ2) is 6.26. The lowest BCUT2D eigenvalue weighted by atomic mass is 10.2. The van der Waals surface area contributed by atoms with E-state index in [1.54, 1.807) is 11.9 Å². The number of hydrogen-bond acceptors (Lipinski definition) is 2. The van der Waals surface area contributed by atoms with Crippen LogP contribution < -0.4 is 0 Å². The van der Waals surface area contributed by atoms with Crippen molar-refractivity contribution in [2.24, 2.45) is 4.99 Å². The molecule has 0 unspecified atom stereocenters. The average Bonchev–Trinajstić information content (AvgIpc) is 2.42. The highest BCUT2D eigenvalue weighted by Gasteiger charge is 2.09. The van der Waals surface area contributed by atoms with Gasteiger partial charge < -0.3 is 0 Å². The Bertz CT molecular complexity index is 509. The van der Waals surface area contributed by atoms with E-state index in [0.717, 1.165) is 11.4 Å². The molecule has 0 aliphatic carbocycles. The first-order chi connectivity index (χ1) is 8.81. The van der Waals surface area contributed by atoms with Gasteiger partial charge in [-0.1, -0.05) is 48.5 Å². The Hall–Kier alpha value is -1.74. The van der Waals surface area contributed by atoms with Crippen LogP contribution in [0.3, 0.4) is 0 Å². The summed E-state index contributed by atoms with van der Waals surface area (Å²) in [5.74, 6) is 0.976. The van der Waals surface area contributed by atoms with Gasteiger partial charge in [-0.15, -0.1) is 0 Å². The van der Waals surface area contributed by atoms with Gasteiger partial charge in [0.25, 0.3) is 0 Å². The van der Waals surface area contributed by atoms with Gasteiger partial charge in [-0.2, -0.15) is 0 Å². The van der Waals surface area contributed by atoms with Crippen molar-refractivity contribution < 1.29 is 0 Å². The molecule has 92 valence electrons. The lowest BCUT2D eigenvalue weighted by molar-refractivity contribution is 0.838. The van der Waals surface area contributed by atoms with Crippen LogP contribution in [0.15, 0.2) is 70.6 Å². The van der Waals surface area contributed by atoms with E-state index in [1.165, 1.54) is 4.90 Å². The summed E-state index contributed by atoms with van der Waals surface area (Å²) < 4.78 is 2.09. The third-order valence-electron chi connectivity index (χ3n) is 2.53. The highest BCUT2D eigenvalue weighted by Crippen LogP contribution is 2.22. The Kier molecular flexibility index (Phi) is 4.42. The summed E-state index contributed by atoms with van der Waals surface area (Å²) in [6.45, 7) is 0. The van der Waals surface area contributed by atoms with E-state index >= 15 is 0 Å². The topological polar surface area (TPSA) is 15.6 Å². The van der Waals surface area contributed by atoms with Crippen molar-refractivity contribution in [3.63, 3.8) is 0 Å². The Morgan fingerprint density at radius 1 is 0.944 bits per heavy atom. The fourth-order valence-corrected chi connectivity index (χ4v) is 2.59. The van der Waals surface area contributed by atoms with Gasteiger partial charge in [0.2, 0.25) is 0 Å². The van der Waals surface area contributed by atoms with Crippen LogP contribution in [0.2, 0.25) is 0 Å². The van der Waals surface area contributed by atoms with E-state index in [-0.39, 0.29) is 0 Å². The Labute approximate surface area is 112 Å². The molecule has 0 fully saturated rings. The molecule has 3 heteroatoms. The molecule has 0 amide bonds. The van der Waals surface area contributed by atoms with Crippen molar-refractivity contribution >= 4 is 17.8 Å². The van der Waals surface area contributed by atoms with Crippen LogP contribution in [0.4, 0.5) is 0 Å². The minimum atomic E-state index is 0.976. The molecular formula is C15H16N2S. The van der Waals surface area contributed by atoms with E-state index in [0.29, 0.717) is 0 Å². The molecule has 0 heterocycles. The maximum atomic E-state index is 4.38. The smallest absolute Gasteiger partial charge is 0.140 e. The fourth-order valence-electron chi connectivity index (χ4n) is 1.72. The van der Waals surface area contributed by atoms with E-state index in [1.807, 2.05) is 50.5 Å². The van der Waals surface area contributed by atoms with Gasteiger partial charge in [0.05, 0.1) is 0 Å². The van der Waals surface area contributed by atoms with Crippen molar-refractivity contribution in [1.82, 2.24) is 4.31 Å². The van der Waals surface area contributed by atoms with Crippen LogP contribution >= 0.6 is 11.9 Å². The number of aliphatic imine (C=N–C) groups is 1. The first kappa shape index (κ1) is 12.7. The molecular weight excluding hydrogens is 240 g/mol. The maximum absolute atomic E-state index is 4.38. The Balaban J connectivity index is 2.15. The lowest BCUT2D eigenvalue weighted by Gasteiger charge is -2.19. The number of nitrogens with zero attached hydrogens (tertiary/aromatic N) is 2. The number of hydrogen-bond donors (Lipinski definition) is 0. The molecule has 2 aromatic carbocycles. The molecule has 2 rings (SSSR count). The van der Waals surface area contributed by atoms with Crippen LogP contribution in [-0.2, 0) is 0 Å². The fraction of sp³-hybridized carbons (Fsp3) is 0.133. The molecule has 0 spiro atoms. The largest absolute Gasteiger partial charge is 0.299 e. The number of benzene rings is 2. The monoisotopic (exact) mass is 256 g/mol. The zero-order valence-corrected chi connectivity index (χ0v) is 11.4. The standard InChI is InChI=1S/C15H16N2S/c1-16-15(13-9-5-3-6-10-13)17(2)18-14-11-7-4-8-12-14/h3-12H,1-2H3. The van der Waals surface area contributed by atoms with Crippen molar-refractivity contribution in [1.29, 1.82) is 0 Å². The first-order valence-corrected chi connectivity index (χ1v) is 6.57. The van der Waals surface area contributed by atoms with Crippen molar-refractivity contribution in [2.75, 3.05) is 14.1 Å². The SMILES string of the molecule is CN=C(c1ccccc1)N(C)Sc1ccccc1. The lowest BCUT2D eigenvalue weighted by Crippen LogP contribution is -2.20. The Morgan fingerprint density at radius 3 is 2.06 bits per heavy atom. The van der Waals surface area contributed by atoms with Crippen LogP contribution in [0, 0.1) is 0 Å². The van der Waals surface area contributed by atoms with Crippen molar-refractivity contribution in [3.05, 3.63) is 66.2 Å². The maximum Gasteiger partial charge on any atom is 0.140 e. The molecule has 18 heavy (non-hydrogen) atoms. The highest BCUT2D eigenvalue weighted by molar-refractivity contribution is 7.97. The minimum Gasteiger partial charge on any atom is -0.299 e. The molecule has 0 radical (unpaired) electrons. The summed E-state index contributed by atoms with van der Waals surface area (Å²) in [5.41, 5.74) is 1.13. The van der Waals surface area contributed by atoms with Gasteiger partial charge in [-0.25, -0.2) is 0 Å². The quantitative estimate of drug-likeness (QED) is 0.473. The minimum absolute atomic E-state index is 0.976. The van der Waals surface area contributed by atoms with Gasteiger partial charge in [0.15, 0.2) is 0 Å². The van der Waals surface area contributed by atoms with Crippen molar-refractivity contribution in [2.45, 2.75) is 4.90 Å². The van der Waals surface area contributed by atoms with Gasteiger partial charge in [0.1, 0.15) is 5.84 Å². The summed E-state index contributed by atoms with van der Waals surface area (Å²) in [6.07, 6.45) is 0. The number of amidine groups is 1. The predicted octanol–water partition coefficient (Wildman–Crippen LogP) is 3.70. The molecule has 0 aromatic heterocycles. The summed E-state index contributed by atoms with van der Waals surface area (Å²) in [5, 5.41) is 0. The molecule has 0 saturated carbocycles. The van der Waals surface area contributed by atoms with Crippen LogP contribution in [0.1, 0.15) is 5.56 Å². The van der Waals surface area contributed by atoms with Gasteiger partial charge in [-0.3, -0.25) is 9.30 Å². The molecule has 2 aromatic rings. The zero-order valence-electron chi connectivity index (χ0n) is 10.6. The molecule has 2 nitrogen and oxygen atoms in total.